The maximum atomic E-state index is 13.6. The smallest absolute Gasteiger partial charge is 0.247 e. The van der Waals surface area contributed by atoms with Crippen LogP contribution in [0.5, 0.6) is 0 Å². The van der Waals surface area contributed by atoms with E-state index in [-0.39, 0.29) is 41.2 Å². The summed E-state index contributed by atoms with van der Waals surface area (Å²) in [7, 11) is 0. The summed E-state index contributed by atoms with van der Waals surface area (Å²) in [5.41, 5.74) is 0.708. The van der Waals surface area contributed by atoms with Crippen molar-refractivity contribution < 1.29 is 28.8 Å². The second-order valence-electron chi connectivity index (χ2n) is 19.7. The number of thioether (sulfide) groups is 2. The number of imide groups is 1. The molecule has 3 heterocycles. The molecule has 4 atom stereocenters. The Balaban J connectivity index is 0.598. The summed E-state index contributed by atoms with van der Waals surface area (Å²) in [6.45, 7) is 1.42. The van der Waals surface area contributed by atoms with Crippen LogP contribution in [0.3, 0.4) is 0 Å². The number of rotatable bonds is 33. The quantitative estimate of drug-likeness (QED) is 0.0243. The molecule has 368 valence electrons. The lowest BCUT2D eigenvalue weighted by atomic mass is 9.93. The number of hydrogen-bond donors (Lipinski definition) is 3. The predicted molar refractivity (Wildman–Crippen MR) is 282 cm³/mol. The van der Waals surface area contributed by atoms with E-state index in [1.165, 1.54) is 59.6 Å². The van der Waals surface area contributed by atoms with Crippen molar-refractivity contribution in [3.8, 4) is 0 Å². The molecule has 12 heteroatoms. The van der Waals surface area contributed by atoms with E-state index in [1.807, 2.05) is 23.9 Å². The van der Waals surface area contributed by atoms with Gasteiger partial charge in [0.05, 0.1) is 10.9 Å². The first-order chi connectivity index (χ1) is 33.3. The Morgan fingerprint density at radius 3 is 1.82 bits per heavy atom. The minimum absolute atomic E-state index is 0.0800. The van der Waals surface area contributed by atoms with Crippen LogP contribution in [0.1, 0.15) is 167 Å². The molecular weight excluding hydrogens is 889 g/mol. The van der Waals surface area contributed by atoms with Gasteiger partial charge in [-0.05, 0) is 90.1 Å². The van der Waals surface area contributed by atoms with Crippen LogP contribution in [-0.4, -0.2) is 76.5 Å². The largest absolute Gasteiger partial charge is 0.356 e. The van der Waals surface area contributed by atoms with E-state index in [1.54, 1.807) is 11.8 Å². The van der Waals surface area contributed by atoms with Crippen molar-refractivity contribution in [2.45, 2.75) is 183 Å². The maximum absolute atomic E-state index is 13.6. The lowest BCUT2D eigenvalue weighted by molar-refractivity contribution is -0.122. The number of hydrogen-bond acceptors (Lipinski definition) is 8. The number of nitrogens with zero attached hydrogens (tertiary/aromatic N) is 1. The summed E-state index contributed by atoms with van der Waals surface area (Å²) in [5.74, 6) is 2.99. The monoisotopic (exact) mass is 965 g/mol. The Hall–Kier alpha value is -4.16. The average Bonchev–Trinajstić information content (AvgIpc) is 3.99. The molecular formula is C56H76N4O6S2. The minimum atomic E-state index is -0.307. The summed E-state index contributed by atoms with van der Waals surface area (Å²) in [5, 5.41) is 16.2. The number of unbranched alkanes of at least 4 members (excludes halogenated alkanes) is 15. The van der Waals surface area contributed by atoms with E-state index in [2.05, 4.69) is 58.4 Å². The number of carbonyl (C=O) groups excluding carboxylic acids is 6. The number of fused-ring (bicyclic) bond motifs is 1. The van der Waals surface area contributed by atoms with Gasteiger partial charge in [-0.15, -0.1) is 11.8 Å². The fourth-order valence-corrected chi connectivity index (χ4v) is 13.5. The van der Waals surface area contributed by atoms with Crippen molar-refractivity contribution in [3.63, 3.8) is 0 Å². The van der Waals surface area contributed by atoms with Crippen molar-refractivity contribution in [1.29, 1.82) is 0 Å². The highest BCUT2D eigenvalue weighted by atomic mass is 32.2. The Morgan fingerprint density at radius 2 is 1.15 bits per heavy atom. The van der Waals surface area contributed by atoms with Crippen molar-refractivity contribution in [2.24, 2.45) is 5.92 Å². The van der Waals surface area contributed by atoms with Crippen molar-refractivity contribution in [2.75, 3.05) is 29.5 Å². The lowest BCUT2D eigenvalue weighted by Crippen LogP contribution is -2.31. The summed E-state index contributed by atoms with van der Waals surface area (Å²) < 4.78 is 0. The average molecular weight is 965 g/mol. The highest BCUT2D eigenvalue weighted by molar-refractivity contribution is 8.00. The molecule has 3 saturated heterocycles. The standard InChI is InChI=1S/C56H76N4O6S2/c61-43(24-13-11-18-35-58-51(63)27-16-15-25-48-45-37-52(64)59-46(45)39-68-48)23-12-7-8-14-26-50(62)57-34-17-9-5-3-1-2-4-6-10-19-36-67-49-38-53(65)60(56(49)66)47-33-31-42-29-28-40-21-20-22-41-30-32-44(47)55(42)54(40)41/h20-22,28-33,45-46,48-49H,1-19,23-27,34-39H2,(H,57,62)(H,58,63)(H,59,64)/t45-,46-,48-,49?/m0/s1. The summed E-state index contributed by atoms with van der Waals surface area (Å²) >= 11 is 3.62. The van der Waals surface area contributed by atoms with Gasteiger partial charge < -0.3 is 16.0 Å². The molecule has 3 aliphatic heterocycles. The number of Topliss-reactive ketones (excluding diaryl/α,β-unsaturated/α-hetero) is 1. The molecule has 68 heavy (non-hydrogen) atoms. The molecule has 5 amide bonds. The first-order valence-corrected chi connectivity index (χ1v) is 28.5. The van der Waals surface area contributed by atoms with Gasteiger partial charge in [0.1, 0.15) is 5.78 Å². The van der Waals surface area contributed by atoms with E-state index < -0.39 is 0 Å². The molecule has 0 aliphatic carbocycles. The van der Waals surface area contributed by atoms with E-state index in [9.17, 15) is 28.8 Å². The minimum Gasteiger partial charge on any atom is -0.356 e. The normalized spacial score (nSPS) is 19.2. The zero-order chi connectivity index (χ0) is 47.5. The van der Waals surface area contributed by atoms with Crippen LogP contribution < -0.4 is 20.9 Å². The molecule has 3 aliphatic rings. The highest BCUT2D eigenvalue weighted by Gasteiger charge is 2.43. The third-order valence-electron chi connectivity index (χ3n) is 14.5. The molecule has 0 aromatic heterocycles. The van der Waals surface area contributed by atoms with Crippen LogP contribution in [-0.2, 0) is 28.8 Å². The molecule has 3 N–H and O–H groups in total. The van der Waals surface area contributed by atoms with Gasteiger partial charge in [-0.1, -0.05) is 126 Å². The first kappa shape index (κ1) is 51.7. The molecule has 7 rings (SSSR count). The van der Waals surface area contributed by atoms with Crippen LogP contribution in [0, 0.1) is 5.92 Å². The molecule has 0 saturated carbocycles. The summed E-state index contributed by atoms with van der Waals surface area (Å²) in [4.78, 5) is 76.7. The van der Waals surface area contributed by atoms with Gasteiger partial charge >= 0.3 is 0 Å². The highest BCUT2D eigenvalue weighted by Crippen LogP contribution is 2.42. The van der Waals surface area contributed by atoms with E-state index in [4.69, 9.17) is 0 Å². The number of anilines is 1. The van der Waals surface area contributed by atoms with Crippen LogP contribution >= 0.6 is 23.5 Å². The van der Waals surface area contributed by atoms with E-state index >= 15 is 0 Å². The number of ketones is 1. The van der Waals surface area contributed by atoms with Gasteiger partial charge in [0.2, 0.25) is 29.5 Å². The molecule has 4 aromatic carbocycles. The summed E-state index contributed by atoms with van der Waals surface area (Å²) in [6.07, 6.45) is 24.5. The zero-order valence-corrected chi connectivity index (χ0v) is 42.1. The van der Waals surface area contributed by atoms with Gasteiger partial charge in [0, 0.05) is 80.0 Å². The number of amides is 5. The van der Waals surface area contributed by atoms with Crippen LogP contribution in [0.15, 0.2) is 54.6 Å². The molecule has 0 bridgehead atoms. The van der Waals surface area contributed by atoms with E-state index in [0.29, 0.717) is 67.3 Å². The number of carbonyl (C=O) groups is 6. The predicted octanol–water partition coefficient (Wildman–Crippen LogP) is 11.7. The van der Waals surface area contributed by atoms with Gasteiger partial charge in [-0.25, -0.2) is 4.90 Å². The fourth-order valence-electron chi connectivity index (χ4n) is 10.7. The molecule has 0 radical (unpaired) electrons. The number of benzene rings is 4. The zero-order valence-electron chi connectivity index (χ0n) is 40.4. The third-order valence-corrected chi connectivity index (χ3v) is 17.4. The lowest BCUT2D eigenvalue weighted by Gasteiger charge is -2.20. The Morgan fingerprint density at radius 1 is 0.603 bits per heavy atom. The maximum Gasteiger partial charge on any atom is 0.247 e. The van der Waals surface area contributed by atoms with Crippen LogP contribution in [0.2, 0.25) is 0 Å². The second-order valence-corrected chi connectivity index (χ2v) is 22.3. The Labute approximate surface area is 413 Å². The Bertz CT molecular complexity index is 2290. The van der Waals surface area contributed by atoms with Gasteiger partial charge in [0.15, 0.2) is 0 Å². The fraction of sp³-hybridized carbons (Fsp3) is 0.607. The molecule has 1 unspecified atom stereocenters. The van der Waals surface area contributed by atoms with Crippen molar-refractivity contribution >= 4 is 96.8 Å². The number of nitrogens with one attached hydrogen (secondary N) is 3. The van der Waals surface area contributed by atoms with Gasteiger partial charge in [0.25, 0.3) is 0 Å². The second kappa shape index (κ2) is 27.3. The molecule has 10 nitrogen and oxygen atoms in total. The molecule has 3 fully saturated rings. The van der Waals surface area contributed by atoms with Crippen molar-refractivity contribution in [3.05, 3.63) is 54.6 Å². The SMILES string of the molecule is O=C(CCCCCCC(=O)NCCCCCCCCCCCCSC1CC(=O)N(c2ccc3ccc4cccc5ccc2c3c45)C1=O)CCCCCNC(=O)CCCC[C@@H]1SC[C@@H]2NC(=O)C[C@@H]21. The van der Waals surface area contributed by atoms with Crippen LogP contribution in [0.25, 0.3) is 32.3 Å². The van der Waals surface area contributed by atoms with Gasteiger partial charge in [-0.2, -0.15) is 11.8 Å². The van der Waals surface area contributed by atoms with E-state index in [0.717, 1.165) is 124 Å². The molecule has 0 spiro atoms. The topological polar surface area (TPSA) is 142 Å². The molecule has 4 aromatic rings. The van der Waals surface area contributed by atoms with Gasteiger partial charge in [-0.3, -0.25) is 28.8 Å². The summed E-state index contributed by atoms with van der Waals surface area (Å²) in [6, 6.07) is 19.1. The van der Waals surface area contributed by atoms with Crippen molar-refractivity contribution in [1.82, 2.24) is 16.0 Å². The Kier molecular flexibility index (Phi) is 20.7. The van der Waals surface area contributed by atoms with Crippen LogP contribution in [0.4, 0.5) is 5.69 Å². The first-order valence-electron chi connectivity index (χ1n) is 26.4. The third kappa shape index (κ3) is 14.9.